The van der Waals surface area contributed by atoms with Crippen LogP contribution in [0.1, 0.15) is 43.7 Å². The number of thiocarbonyl (C=S) groups is 1. The number of hydrogen-bond acceptors (Lipinski definition) is 2. The third kappa shape index (κ3) is 2.40. The van der Waals surface area contributed by atoms with Crippen molar-refractivity contribution in [3.63, 3.8) is 0 Å². The zero-order valence-corrected chi connectivity index (χ0v) is 14.8. The Morgan fingerprint density at radius 2 is 2.00 bits per heavy atom. The van der Waals surface area contributed by atoms with Crippen LogP contribution in [0, 0.1) is 17.8 Å². The minimum Gasteiger partial charge on any atom is -0.360 e. The van der Waals surface area contributed by atoms with E-state index in [0.29, 0.717) is 17.9 Å². The highest BCUT2D eigenvalue weighted by Crippen LogP contribution is 2.44. The Hall–Kier alpha value is -1.36. The molecule has 4 aliphatic rings. The Balaban J connectivity index is 1.31. The van der Waals surface area contributed by atoms with Crippen molar-refractivity contribution in [3.05, 3.63) is 34.2 Å². The maximum absolute atomic E-state index is 12.1. The Labute approximate surface area is 148 Å². The molecule has 5 atom stereocenters. The largest absolute Gasteiger partial charge is 0.360 e. The van der Waals surface area contributed by atoms with Gasteiger partial charge in [-0.05, 0) is 61.7 Å². The van der Waals surface area contributed by atoms with E-state index in [2.05, 4.69) is 16.3 Å². The molecule has 1 N–H and O–H groups in total. The van der Waals surface area contributed by atoms with E-state index in [1.807, 2.05) is 10.6 Å². The maximum atomic E-state index is 12.1. The lowest BCUT2D eigenvalue weighted by Gasteiger charge is -2.44. The van der Waals surface area contributed by atoms with Gasteiger partial charge in [0.05, 0.1) is 0 Å². The van der Waals surface area contributed by atoms with Crippen molar-refractivity contribution in [3.8, 4) is 0 Å². The summed E-state index contributed by atoms with van der Waals surface area (Å²) in [5.41, 5.74) is 1.35. The molecule has 4 bridgehead atoms. The van der Waals surface area contributed by atoms with Gasteiger partial charge < -0.3 is 14.8 Å². The molecule has 3 fully saturated rings. The highest BCUT2D eigenvalue weighted by atomic mass is 32.1. The molecule has 1 aromatic heterocycles. The Bertz CT molecular complexity index is 730. The second-order valence-electron chi connectivity index (χ2n) is 8.33. The fourth-order valence-electron chi connectivity index (χ4n) is 5.73. The van der Waals surface area contributed by atoms with Crippen LogP contribution in [0.3, 0.4) is 0 Å². The number of fused-ring (bicyclic) bond motifs is 6. The van der Waals surface area contributed by atoms with Gasteiger partial charge in [0.25, 0.3) is 5.56 Å². The molecule has 0 unspecified atom stereocenters. The summed E-state index contributed by atoms with van der Waals surface area (Å²) in [5.74, 6) is 2.76. The Kier molecular flexibility index (Phi) is 3.47. The predicted molar refractivity (Wildman–Crippen MR) is 98.1 cm³/mol. The number of piperidine rings is 1. The summed E-state index contributed by atoms with van der Waals surface area (Å²) in [7, 11) is 0. The highest BCUT2D eigenvalue weighted by Gasteiger charge is 2.41. The molecule has 2 aliphatic carbocycles. The van der Waals surface area contributed by atoms with Gasteiger partial charge in [0.2, 0.25) is 0 Å². The molecular weight excluding hydrogens is 318 g/mol. The van der Waals surface area contributed by atoms with Gasteiger partial charge in [-0.15, -0.1) is 0 Å². The molecule has 0 aromatic carbocycles. The quantitative estimate of drug-likeness (QED) is 0.794. The summed E-state index contributed by atoms with van der Waals surface area (Å²) in [6.45, 7) is 2.79. The predicted octanol–water partition coefficient (Wildman–Crippen LogP) is 2.33. The first-order chi connectivity index (χ1) is 11.7. The Morgan fingerprint density at radius 1 is 1.08 bits per heavy atom. The zero-order chi connectivity index (χ0) is 16.3. The number of rotatable bonds is 1. The minimum atomic E-state index is 0.151. The van der Waals surface area contributed by atoms with Gasteiger partial charge in [0.15, 0.2) is 5.11 Å². The second-order valence-corrected chi connectivity index (χ2v) is 8.72. The lowest BCUT2D eigenvalue weighted by atomic mass is 9.83. The van der Waals surface area contributed by atoms with Crippen LogP contribution in [0.25, 0.3) is 0 Å². The molecule has 24 heavy (non-hydrogen) atoms. The highest BCUT2D eigenvalue weighted by molar-refractivity contribution is 7.80. The maximum Gasteiger partial charge on any atom is 0.250 e. The number of pyridine rings is 1. The smallest absolute Gasteiger partial charge is 0.250 e. The summed E-state index contributed by atoms with van der Waals surface area (Å²) in [6, 6.07) is 6.31. The fourth-order valence-corrected chi connectivity index (χ4v) is 6.03. The van der Waals surface area contributed by atoms with Crippen molar-refractivity contribution in [1.82, 2.24) is 14.8 Å². The number of nitrogens with zero attached hydrogens (tertiary/aromatic N) is 2. The van der Waals surface area contributed by atoms with Crippen molar-refractivity contribution in [2.45, 2.75) is 50.6 Å². The van der Waals surface area contributed by atoms with E-state index >= 15 is 0 Å². The van der Waals surface area contributed by atoms with Crippen LogP contribution >= 0.6 is 12.2 Å². The van der Waals surface area contributed by atoms with Crippen molar-refractivity contribution in [2.75, 3.05) is 13.1 Å². The third-order valence-corrected chi connectivity index (χ3v) is 7.19. The van der Waals surface area contributed by atoms with Crippen molar-refractivity contribution < 1.29 is 0 Å². The SMILES string of the molecule is O=c1cccc2n1C[C@H]1C[C@H]2CN(C(=S)N[C@@H]2C[C@H]3CC[C@H]2C3)C1. The van der Waals surface area contributed by atoms with Crippen LogP contribution < -0.4 is 10.9 Å². The molecule has 0 spiro atoms. The summed E-state index contributed by atoms with van der Waals surface area (Å²) >= 11 is 5.77. The summed E-state index contributed by atoms with van der Waals surface area (Å²) in [4.78, 5) is 14.5. The van der Waals surface area contributed by atoms with Gasteiger partial charge in [-0.25, -0.2) is 0 Å². The zero-order valence-electron chi connectivity index (χ0n) is 14.0. The van der Waals surface area contributed by atoms with Crippen molar-refractivity contribution in [1.29, 1.82) is 0 Å². The number of hydrogen-bond donors (Lipinski definition) is 1. The van der Waals surface area contributed by atoms with E-state index in [4.69, 9.17) is 12.2 Å². The molecular formula is C19H25N3OS. The fraction of sp³-hybridized carbons (Fsp3) is 0.684. The van der Waals surface area contributed by atoms with Gasteiger partial charge in [-0.1, -0.05) is 12.5 Å². The number of likely N-dealkylation sites (tertiary alicyclic amines) is 1. The summed E-state index contributed by atoms with van der Waals surface area (Å²) in [5, 5.41) is 4.65. The van der Waals surface area contributed by atoms with E-state index in [0.717, 1.165) is 36.6 Å². The molecule has 1 saturated heterocycles. The van der Waals surface area contributed by atoms with Crippen molar-refractivity contribution >= 4 is 17.3 Å². The van der Waals surface area contributed by atoms with Gasteiger partial charge in [0, 0.05) is 43.4 Å². The van der Waals surface area contributed by atoms with E-state index < -0.39 is 0 Å². The first kappa shape index (κ1) is 14.9. The average molecular weight is 343 g/mol. The minimum absolute atomic E-state index is 0.151. The molecule has 3 heterocycles. The standard InChI is InChI=1S/C19H25N3OS/c23-18-3-1-2-17-15-7-13(10-22(17)18)9-21(11-15)19(24)20-16-8-12-4-5-14(16)6-12/h1-3,12-16H,4-11H2,(H,20,24)/t12-,13-,14-,15-,16+/m0/s1. The lowest BCUT2D eigenvalue weighted by molar-refractivity contribution is 0.175. The van der Waals surface area contributed by atoms with Crippen LogP contribution in [-0.2, 0) is 6.54 Å². The molecule has 5 heteroatoms. The molecule has 2 saturated carbocycles. The van der Waals surface area contributed by atoms with Gasteiger partial charge in [0.1, 0.15) is 0 Å². The van der Waals surface area contributed by atoms with Crippen LogP contribution in [0.15, 0.2) is 23.0 Å². The first-order valence-electron chi connectivity index (χ1n) is 9.42. The molecule has 0 amide bonds. The normalized spacial score (nSPS) is 36.5. The average Bonchev–Trinajstić information content (AvgIpc) is 3.18. The van der Waals surface area contributed by atoms with E-state index in [1.54, 1.807) is 6.07 Å². The monoisotopic (exact) mass is 343 g/mol. The lowest BCUT2D eigenvalue weighted by Crippen LogP contribution is -2.54. The van der Waals surface area contributed by atoms with Crippen LogP contribution in [0.2, 0.25) is 0 Å². The molecule has 128 valence electrons. The van der Waals surface area contributed by atoms with E-state index in [-0.39, 0.29) is 5.56 Å². The molecule has 2 aliphatic heterocycles. The van der Waals surface area contributed by atoms with E-state index in [1.165, 1.54) is 37.8 Å². The molecule has 0 radical (unpaired) electrons. The number of nitrogens with one attached hydrogen (secondary N) is 1. The Morgan fingerprint density at radius 3 is 2.79 bits per heavy atom. The topological polar surface area (TPSA) is 37.3 Å². The molecule has 1 aromatic rings. The van der Waals surface area contributed by atoms with Gasteiger partial charge in [-0.3, -0.25) is 4.79 Å². The first-order valence-corrected chi connectivity index (χ1v) is 9.83. The molecule has 5 rings (SSSR count). The van der Waals surface area contributed by atoms with Crippen LogP contribution in [0.4, 0.5) is 0 Å². The van der Waals surface area contributed by atoms with Crippen molar-refractivity contribution in [2.24, 2.45) is 17.8 Å². The number of aromatic nitrogens is 1. The van der Waals surface area contributed by atoms with Crippen LogP contribution in [0.5, 0.6) is 0 Å². The van der Waals surface area contributed by atoms with Crippen LogP contribution in [-0.4, -0.2) is 33.7 Å². The third-order valence-electron chi connectivity index (χ3n) is 6.81. The van der Waals surface area contributed by atoms with E-state index in [9.17, 15) is 4.79 Å². The summed E-state index contributed by atoms with van der Waals surface area (Å²) < 4.78 is 1.99. The molecule has 4 nitrogen and oxygen atoms in total. The summed E-state index contributed by atoms with van der Waals surface area (Å²) in [6.07, 6.45) is 6.71. The second kappa shape index (κ2) is 5.58. The van der Waals surface area contributed by atoms with Gasteiger partial charge in [-0.2, -0.15) is 0 Å². The van der Waals surface area contributed by atoms with Gasteiger partial charge >= 0.3 is 0 Å².